The Bertz CT molecular complexity index is 790. The quantitative estimate of drug-likeness (QED) is 0.756. The number of aromatic nitrogens is 2. The van der Waals surface area contributed by atoms with Gasteiger partial charge >= 0.3 is 0 Å². The van der Waals surface area contributed by atoms with E-state index in [1.54, 1.807) is 31.6 Å². The molecule has 2 aromatic heterocycles. The Kier molecular flexibility index (Phi) is 3.81. The third kappa shape index (κ3) is 2.72. The van der Waals surface area contributed by atoms with Crippen molar-refractivity contribution in [2.24, 2.45) is 0 Å². The molecule has 3 aromatic rings. The molecule has 2 N–H and O–H groups in total. The summed E-state index contributed by atoms with van der Waals surface area (Å²) in [6.45, 7) is 0. The SMILES string of the molecule is CNc1nc(Nc2ccc(OC)c(Cl)c2)c2ccsc2n1. The first-order valence-electron chi connectivity index (χ1n) is 6.25. The second kappa shape index (κ2) is 5.75. The summed E-state index contributed by atoms with van der Waals surface area (Å²) in [4.78, 5) is 9.80. The molecule has 1 aromatic carbocycles. The first-order chi connectivity index (χ1) is 10.2. The van der Waals surface area contributed by atoms with Gasteiger partial charge in [0.1, 0.15) is 16.4 Å². The molecule has 0 unspecified atom stereocenters. The van der Waals surface area contributed by atoms with E-state index in [-0.39, 0.29) is 0 Å². The van der Waals surface area contributed by atoms with Crippen molar-refractivity contribution in [3.63, 3.8) is 0 Å². The Labute approximate surface area is 130 Å². The maximum Gasteiger partial charge on any atom is 0.225 e. The first kappa shape index (κ1) is 13.9. The Morgan fingerprint density at radius 3 is 2.81 bits per heavy atom. The largest absolute Gasteiger partial charge is 0.495 e. The van der Waals surface area contributed by atoms with Crippen molar-refractivity contribution in [2.75, 3.05) is 24.8 Å². The lowest BCUT2D eigenvalue weighted by Crippen LogP contribution is -2.01. The normalized spacial score (nSPS) is 10.6. The summed E-state index contributed by atoms with van der Waals surface area (Å²) >= 11 is 7.72. The highest BCUT2D eigenvalue weighted by atomic mass is 35.5. The summed E-state index contributed by atoms with van der Waals surface area (Å²) in [5.74, 6) is 1.96. The average molecular weight is 321 g/mol. The number of nitrogens with one attached hydrogen (secondary N) is 2. The predicted octanol–water partition coefficient (Wildman–Crippen LogP) is 4.14. The molecule has 0 aliphatic rings. The van der Waals surface area contributed by atoms with Crippen LogP contribution in [0.5, 0.6) is 5.75 Å². The molecule has 0 fully saturated rings. The van der Waals surface area contributed by atoms with Gasteiger partial charge in [-0.2, -0.15) is 4.98 Å². The van der Waals surface area contributed by atoms with E-state index in [0.29, 0.717) is 16.7 Å². The number of benzene rings is 1. The molecule has 0 aliphatic carbocycles. The van der Waals surface area contributed by atoms with Gasteiger partial charge in [0, 0.05) is 12.7 Å². The van der Waals surface area contributed by atoms with Gasteiger partial charge in [0.15, 0.2) is 0 Å². The van der Waals surface area contributed by atoms with E-state index in [4.69, 9.17) is 16.3 Å². The molecule has 7 heteroatoms. The van der Waals surface area contributed by atoms with Crippen LogP contribution >= 0.6 is 22.9 Å². The Morgan fingerprint density at radius 1 is 1.24 bits per heavy atom. The Balaban J connectivity index is 2.01. The zero-order chi connectivity index (χ0) is 14.8. The van der Waals surface area contributed by atoms with Gasteiger partial charge in [-0.1, -0.05) is 11.6 Å². The lowest BCUT2D eigenvalue weighted by Gasteiger charge is -2.10. The van der Waals surface area contributed by atoms with Crippen molar-refractivity contribution in [1.82, 2.24) is 9.97 Å². The van der Waals surface area contributed by atoms with Crippen LogP contribution < -0.4 is 15.4 Å². The van der Waals surface area contributed by atoms with Crippen LogP contribution in [0.15, 0.2) is 29.6 Å². The van der Waals surface area contributed by atoms with Crippen LogP contribution in [0.3, 0.4) is 0 Å². The molecular weight excluding hydrogens is 308 g/mol. The molecule has 2 heterocycles. The average Bonchev–Trinajstić information content (AvgIpc) is 2.96. The molecule has 3 rings (SSSR count). The van der Waals surface area contributed by atoms with Gasteiger partial charge < -0.3 is 15.4 Å². The van der Waals surface area contributed by atoms with Gasteiger partial charge in [-0.05, 0) is 29.6 Å². The topological polar surface area (TPSA) is 59.1 Å². The molecule has 0 spiro atoms. The van der Waals surface area contributed by atoms with Crippen molar-refractivity contribution < 1.29 is 4.74 Å². The van der Waals surface area contributed by atoms with Crippen LogP contribution in [0.2, 0.25) is 5.02 Å². The van der Waals surface area contributed by atoms with Crippen LogP contribution in [0.4, 0.5) is 17.5 Å². The summed E-state index contributed by atoms with van der Waals surface area (Å²) in [7, 11) is 3.38. The summed E-state index contributed by atoms with van der Waals surface area (Å²) in [5, 5.41) is 9.76. The molecule has 0 saturated carbocycles. The van der Waals surface area contributed by atoms with E-state index in [9.17, 15) is 0 Å². The van der Waals surface area contributed by atoms with Crippen LogP contribution in [0, 0.1) is 0 Å². The maximum absolute atomic E-state index is 6.14. The number of nitrogens with zero attached hydrogens (tertiary/aromatic N) is 2. The molecule has 0 amide bonds. The lowest BCUT2D eigenvalue weighted by atomic mass is 10.3. The monoisotopic (exact) mass is 320 g/mol. The van der Waals surface area contributed by atoms with Crippen molar-refractivity contribution >= 4 is 50.6 Å². The van der Waals surface area contributed by atoms with Gasteiger partial charge in [-0.25, -0.2) is 4.98 Å². The Morgan fingerprint density at radius 2 is 2.10 bits per heavy atom. The van der Waals surface area contributed by atoms with Gasteiger partial charge in [0.2, 0.25) is 5.95 Å². The minimum Gasteiger partial charge on any atom is -0.495 e. The van der Waals surface area contributed by atoms with Gasteiger partial charge in [-0.15, -0.1) is 11.3 Å². The molecule has 0 atom stereocenters. The fraction of sp³-hybridized carbons (Fsp3) is 0.143. The van der Waals surface area contributed by atoms with Crippen molar-refractivity contribution in [2.45, 2.75) is 0 Å². The number of thiophene rings is 1. The highest BCUT2D eigenvalue weighted by Gasteiger charge is 2.09. The second-order valence-corrected chi connectivity index (χ2v) is 5.56. The van der Waals surface area contributed by atoms with Crippen LogP contribution in [0.1, 0.15) is 0 Å². The summed E-state index contributed by atoms with van der Waals surface area (Å²) < 4.78 is 5.15. The van der Waals surface area contributed by atoms with Crippen LogP contribution in [0.25, 0.3) is 10.2 Å². The second-order valence-electron chi connectivity index (χ2n) is 4.26. The van der Waals surface area contributed by atoms with Crippen molar-refractivity contribution in [1.29, 1.82) is 0 Å². The van der Waals surface area contributed by atoms with Gasteiger partial charge in [0.05, 0.1) is 17.5 Å². The van der Waals surface area contributed by atoms with Crippen LogP contribution in [-0.4, -0.2) is 24.1 Å². The van der Waals surface area contributed by atoms with Gasteiger partial charge in [-0.3, -0.25) is 0 Å². The molecular formula is C14H13ClN4OS. The highest BCUT2D eigenvalue weighted by molar-refractivity contribution is 7.16. The van der Waals surface area contributed by atoms with Crippen molar-refractivity contribution in [3.8, 4) is 5.75 Å². The van der Waals surface area contributed by atoms with E-state index in [2.05, 4.69) is 20.6 Å². The summed E-state index contributed by atoms with van der Waals surface area (Å²) in [6.07, 6.45) is 0. The van der Waals surface area contributed by atoms with E-state index in [0.717, 1.165) is 21.7 Å². The summed E-state index contributed by atoms with van der Waals surface area (Å²) in [5.41, 5.74) is 0.842. The molecule has 0 radical (unpaired) electrons. The standard InChI is InChI=1S/C14H13ClN4OS/c1-16-14-18-12(9-5-6-21-13(9)19-14)17-8-3-4-11(20-2)10(15)7-8/h3-7H,1-2H3,(H2,16,17,18,19). The molecule has 5 nitrogen and oxygen atoms in total. The maximum atomic E-state index is 6.14. The van der Waals surface area contributed by atoms with E-state index in [1.807, 2.05) is 23.6 Å². The highest BCUT2D eigenvalue weighted by Crippen LogP contribution is 2.32. The molecule has 21 heavy (non-hydrogen) atoms. The number of halogens is 1. The molecule has 108 valence electrons. The number of fused-ring (bicyclic) bond motifs is 1. The number of rotatable bonds is 4. The summed E-state index contributed by atoms with van der Waals surface area (Å²) in [6, 6.07) is 7.51. The van der Waals surface area contributed by atoms with E-state index in [1.165, 1.54) is 0 Å². The number of ether oxygens (including phenoxy) is 1. The zero-order valence-corrected chi connectivity index (χ0v) is 13.0. The van der Waals surface area contributed by atoms with Crippen molar-refractivity contribution in [3.05, 3.63) is 34.7 Å². The minimum absolute atomic E-state index is 0.548. The van der Waals surface area contributed by atoms with Gasteiger partial charge in [0.25, 0.3) is 0 Å². The number of methoxy groups -OCH3 is 1. The molecule has 0 aliphatic heterocycles. The number of hydrogen-bond donors (Lipinski definition) is 2. The Hall–Kier alpha value is -2.05. The third-order valence-corrected chi connectivity index (χ3v) is 4.07. The first-order valence-corrected chi connectivity index (χ1v) is 7.50. The fourth-order valence-electron chi connectivity index (χ4n) is 1.94. The van der Waals surface area contributed by atoms with Crippen LogP contribution in [-0.2, 0) is 0 Å². The lowest BCUT2D eigenvalue weighted by molar-refractivity contribution is 0.415. The minimum atomic E-state index is 0.548. The number of hydrogen-bond acceptors (Lipinski definition) is 6. The fourth-order valence-corrected chi connectivity index (χ4v) is 2.96. The number of anilines is 3. The van der Waals surface area contributed by atoms with E-state index >= 15 is 0 Å². The van der Waals surface area contributed by atoms with E-state index < -0.39 is 0 Å². The smallest absolute Gasteiger partial charge is 0.225 e. The predicted molar refractivity (Wildman–Crippen MR) is 88.2 cm³/mol. The third-order valence-electron chi connectivity index (χ3n) is 2.96. The molecule has 0 saturated heterocycles. The molecule has 0 bridgehead atoms. The zero-order valence-electron chi connectivity index (χ0n) is 11.5.